The van der Waals surface area contributed by atoms with Crippen molar-refractivity contribution >= 4 is 11.8 Å². The van der Waals surface area contributed by atoms with Crippen molar-refractivity contribution in [3.05, 3.63) is 18.2 Å². The summed E-state index contributed by atoms with van der Waals surface area (Å²) < 4.78 is 10.3. The molecule has 1 aromatic carbocycles. The fourth-order valence-corrected chi connectivity index (χ4v) is 4.05. The van der Waals surface area contributed by atoms with Gasteiger partial charge in [0, 0.05) is 0 Å². The maximum atomic E-state index is 10.6. The predicted octanol–water partition coefficient (Wildman–Crippen LogP) is 2.00. The molecule has 1 aliphatic rings. The molecule has 1 aromatic rings. The third-order valence-electron chi connectivity index (χ3n) is 4.48. The lowest BCUT2D eigenvalue weighted by Gasteiger charge is -2.35. The maximum Gasteiger partial charge on any atom is 0.133 e. The third kappa shape index (κ3) is 4.12. The van der Waals surface area contributed by atoms with Crippen LogP contribution >= 0.6 is 11.8 Å². The molecule has 0 saturated heterocycles. The van der Waals surface area contributed by atoms with Crippen molar-refractivity contribution < 1.29 is 19.7 Å². The Bertz CT molecular complexity index is 509. The first kappa shape index (κ1) is 18.4. The van der Waals surface area contributed by atoms with Crippen molar-refractivity contribution in [1.29, 1.82) is 0 Å². The number of methoxy groups -OCH3 is 1. The molecule has 23 heavy (non-hydrogen) atoms. The topological polar surface area (TPSA) is 62.2 Å². The molecule has 1 heterocycles. The quantitative estimate of drug-likeness (QED) is 0.791. The molecule has 0 saturated carbocycles. The lowest BCUT2D eigenvalue weighted by molar-refractivity contribution is 0.0436. The summed E-state index contributed by atoms with van der Waals surface area (Å²) >= 11 is 1.49. The second-order valence-electron chi connectivity index (χ2n) is 5.74. The number of aliphatic hydroxyl groups excluding tert-OH is 2. The average molecular weight is 341 g/mol. The summed E-state index contributed by atoms with van der Waals surface area (Å²) in [6.45, 7) is 7.08. The lowest BCUT2D eigenvalue weighted by Crippen LogP contribution is -2.47. The molecule has 0 aromatic heterocycles. The highest BCUT2D eigenvalue weighted by Gasteiger charge is 2.42. The summed E-state index contributed by atoms with van der Waals surface area (Å²) in [5.41, 5.74) is 0. The van der Waals surface area contributed by atoms with E-state index in [9.17, 15) is 10.2 Å². The monoisotopic (exact) mass is 341 g/mol. The predicted molar refractivity (Wildman–Crippen MR) is 92.6 cm³/mol. The van der Waals surface area contributed by atoms with E-state index in [1.165, 1.54) is 11.8 Å². The van der Waals surface area contributed by atoms with Gasteiger partial charge in [0.15, 0.2) is 0 Å². The number of benzene rings is 1. The number of ether oxygens (including phenoxy) is 2. The molecule has 0 fully saturated rings. The molecule has 2 N–H and O–H groups in total. The third-order valence-corrected chi connectivity index (χ3v) is 6.03. The van der Waals surface area contributed by atoms with Crippen LogP contribution in [0.2, 0.25) is 0 Å². The highest BCUT2D eigenvalue weighted by molar-refractivity contribution is 8.00. The van der Waals surface area contributed by atoms with E-state index < -0.39 is 10.9 Å². The minimum absolute atomic E-state index is 0.0971. The van der Waals surface area contributed by atoms with E-state index in [0.717, 1.165) is 36.0 Å². The second-order valence-corrected chi connectivity index (χ2v) is 7.20. The van der Waals surface area contributed by atoms with E-state index in [-0.39, 0.29) is 13.2 Å². The summed E-state index contributed by atoms with van der Waals surface area (Å²) in [5.74, 6) is 1.47. The minimum atomic E-state index is -0.730. The molecule has 0 amide bonds. The Kier molecular flexibility index (Phi) is 6.59. The molecule has 130 valence electrons. The van der Waals surface area contributed by atoms with Gasteiger partial charge in [0.05, 0.1) is 23.4 Å². The Balaban J connectivity index is 2.25. The van der Waals surface area contributed by atoms with Gasteiger partial charge in [-0.1, -0.05) is 13.8 Å². The van der Waals surface area contributed by atoms with E-state index in [2.05, 4.69) is 18.7 Å². The molecule has 5 nitrogen and oxygen atoms in total. The van der Waals surface area contributed by atoms with Gasteiger partial charge >= 0.3 is 0 Å². The zero-order valence-electron chi connectivity index (χ0n) is 14.1. The summed E-state index contributed by atoms with van der Waals surface area (Å²) in [7, 11) is 1.62. The first-order valence-electron chi connectivity index (χ1n) is 8.09. The Hall–Kier alpha value is -0.950. The van der Waals surface area contributed by atoms with Gasteiger partial charge in [0.25, 0.3) is 0 Å². The van der Waals surface area contributed by atoms with Crippen LogP contribution in [0.4, 0.5) is 0 Å². The fourth-order valence-electron chi connectivity index (χ4n) is 2.74. The fraction of sp³-hybridized carbons (Fsp3) is 0.647. The van der Waals surface area contributed by atoms with Gasteiger partial charge in [-0.3, -0.25) is 0 Å². The number of rotatable bonds is 7. The number of thioether (sulfide) groups is 1. The van der Waals surface area contributed by atoms with Crippen molar-refractivity contribution in [2.45, 2.75) is 36.0 Å². The van der Waals surface area contributed by atoms with Gasteiger partial charge in [0.1, 0.15) is 24.2 Å². The second kappa shape index (κ2) is 8.24. The highest BCUT2D eigenvalue weighted by atomic mass is 32.2. The molecule has 2 atom stereocenters. The summed E-state index contributed by atoms with van der Waals surface area (Å²) in [5, 5.41) is 20.7. The van der Waals surface area contributed by atoms with Crippen molar-refractivity contribution in [2.75, 3.05) is 40.0 Å². The molecule has 2 rings (SSSR count). The van der Waals surface area contributed by atoms with Crippen LogP contribution in [-0.2, 0) is 0 Å². The maximum absolute atomic E-state index is 10.6. The summed E-state index contributed by atoms with van der Waals surface area (Å²) in [6.07, 6.45) is -0.0386. The Morgan fingerprint density at radius 3 is 2.74 bits per heavy atom. The van der Waals surface area contributed by atoms with Gasteiger partial charge in [-0.15, -0.1) is 11.8 Å². The van der Waals surface area contributed by atoms with Crippen LogP contribution in [0.1, 0.15) is 20.3 Å². The SMILES string of the molecule is CCN(CC)CC[C@@]1(CO)Sc2cc(OC)ccc2OC[C@@H]1O. The molecular weight excluding hydrogens is 314 g/mol. The first-order valence-corrected chi connectivity index (χ1v) is 8.91. The van der Waals surface area contributed by atoms with Crippen LogP contribution in [0.15, 0.2) is 23.1 Å². The molecule has 0 unspecified atom stereocenters. The average Bonchev–Trinajstić information content (AvgIpc) is 2.72. The summed E-state index contributed by atoms with van der Waals surface area (Å²) in [4.78, 5) is 3.19. The van der Waals surface area contributed by atoms with E-state index in [0.29, 0.717) is 6.42 Å². The zero-order chi connectivity index (χ0) is 16.9. The van der Waals surface area contributed by atoms with Crippen LogP contribution in [0.5, 0.6) is 11.5 Å². The van der Waals surface area contributed by atoms with Crippen molar-refractivity contribution in [3.63, 3.8) is 0 Å². The van der Waals surface area contributed by atoms with Crippen molar-refractivity contribution in [3.8, 4) is 11.5 Å². The smallest absolute Gasteiger partial charge is 0.133 e. The molecule has 1 aliphatic heterocycles. The lowest BCUT2D eigenvalue weighted by atomic mass is 9.98. The van der Waals surface area contributed by atoms with Gasteiger partial charge < -0.3 is 24.6 Å². The van der Waals surface area contributed by atoms with Gasteiger partial charge in [0.2, 0.25) is 0 Å². The van der Waals surface area contributed by atoms with E-state index in [1.807, 2.05) is 18.2 Å². The Labute approximate surface area is 142 Å². The molecule has 0 spiro atoms. The van der Waals surface area contributed by atoms with E-state index in [4.69, 9.17) is 9.47 Å². The molecular formula is C17H27NO4S. The van der Waals surface area contributed by atoms with Crippen LogP contribution in [0, 0.1) is 0 Å². The van der Waals surface area contributed by atoms with Gasteiger partial charge in [-0.25, -0.2) is 0 Å². The van der Waals surface area contributed by atoms with Crippen LogP contribution in [0.25, 0.3) is 0 Å². The number of hydrogen-bond donors (Lipinski definition) is 2. The van der Waals surface area contributed by atoms with Crippen LogP contribution in [-0.4, -0.2) is 65.9 Å². The number of fused-ring (bicyclic) bond motifs is 1. The van der Waals surface area contributed by atoms with Gasteiger partial charge in [-0.2, -0.15) is 0 Å². The van der Waals surface area contributed by atoms with E-state index >= 15 is 0 Å². The minimum Gasteiger partial charge on any atom is -0.497 e. The number of hydrogen-bond acceptors (Lipinski definition) is 6. The van der Waals surface area contributed by atoms with Crippen molar-refractivity contribution in [1.82, 2.24) is 4.90 Å². The molecule has 6 heteroatoms. The molecule has 0 bridgehead atoms. The Morgan fingerprint density at radius 1 is 1.39 bits per heavy atom. The zero-order valence-corrected chi connectivity index (χ0v) is 14.9. The van der Waals surface area contributed by atoms with Crippen LogP contribution < -0.4 is 9.47 Å². The summed E-state index contributed by atoms with van der Waals surface area (Å²) in [6, 6.07) is 5.60. The number of aliphatic hydroxyl groups is 2. The number of nitrogens with zero attached hydrogens (tertiary/aromatic N) is 1. The molecule has 0 aliphatic carbocycles. The first-order chi connectivity index (χ1) is 11.1. The largest absolute Gasteiger partial charge is 0.497 e. The van der Waals surface area contributed by atoms with Crippen molar-refractivity contribution in [2.24, 2.45) is 0 Å². The molecule has 0 radical (unpaired) electrons. The van der Waals surface area contributed by atoms with E-state index in [1.54, 1.807) is 7.11 Å². The van der Waals surface area contributed by atoms with Crippen LogP contribution in [0.3, 0.4) is 0 Å². The Morgan fingerprint density at radius 2 is 2.13 bits per heavy atom. The van der Waals surface area contributed by atoms with Gasteiger partial charge in [-0.05, 0) is 44.3 Å². The highest BCUT2D eigenvalue weighted by Crippen LogP contribution is 2.46. The normalized spacial score (nSPS) is 24.0. The standard InChI is InChI=1S/C17H27NO4S/c1-4-18(5-2)9-8-17(12-19)16(20)11-22-14-7-6-13(21-3)10-15(14)23-17/h6-7,10,16,19-20H,4-5,8-9,11-12H2,1-3H3/t16-,17-/m0/s1.